The summed E-state index contributed by atoms with van der Waals surface area (Å²) in [5.74, 6) is -0.477. The Balaban J connectivity index is 1.90. The molecule has 3 atom stereocenters. The third-order valence-electron chi connectivity index (χ3n) is 4.43. The lowest BCUT2D eigenvalue weighted by atomic mass is 9.83. The number of fused-ring (bicyclic) bond motifs is 2. The van der Waals surface area contributed by atoms with E-state index in [0.717, 1.165) is 21.8 Å². The van der Waals surface area contributed by atoms with Crippen molar-refractivity contribution < 1.29 is 19.1 Å². The highest BCUT2D eigenvalue weighted by Crippen LogP contribution is 2.51. The van der Waals surface area contributed by atoms with Crippen LogP contribution < -0.4 is 19.7 Å². The Kier molecular flexibility index (Phi) is 3.84. The van der Waals surface area contributed by atoms with Crippen molar-refractivity contribution in [1.82, 2.24) is 10.3 Å². The number of methoxy groups -OCH3 is 2. The van der Waals surface area contributed by atoms with Gasteiger partial charge in [0, 0.05) is 10.8 Å². The summed E-state index contributed by atoms with van der Waals surface area (Å²) < 4.78 is 10.6. The standard InChI is InChI=1S/C16H14N2O5S2/c1-22-7-4-3-6(5-8(7)23-2)9-10-11(14(20)17-13(10)19)24-15-12(9)25-16(21)18-15/h3-5,9-11H,1-2H3,(H,18,21)(H,17,19,20). The molecule has 0 saturated carbocycles. The van der Waals surface area contributed by atoms with E-state index >= 15 is 0 Å². The predicted octanol–water partition coefficient (Wildman–Crippen LogP) is 1.33. The number of carbonyl (C=O) groups excluding carboxylic acids is 2. The fraction of sp³-hybridized carbons (Fsp3) is 0.312. The third kappa shape index (κ3) is 2.46. The lowest BCUT2D eigenvalue weighted by molar-refractivity contribution is -0.125. The largest absolute Gasteiger partial charge is 0.493 e. The molecule has 130 valence electrons. The molecule has 2 aromatic rings. The zero-order valence-electron chi connectivity index (χ0n) is 13.3. The Morgan fingerprint density at radius 3 is 2.52 bits per heavy atom. The summed E-state index contributed by atoms with van der Waals surface area (Å²) in [4.78, 5) is 39.8. The fourth-order valence-corrected chi connectivity index (χ4v) is 5.82. The maximum atomic E-state index is 12.4. The number of carbonyl (C=O) groups is 2. The Morgan fingerprint density at radius 1 is 1.04 bits per heavy atom. The van der Waals surface area contributed by atoms with Crippen LogP contribution in [0, 0.1) is 5.92 Å². The second-order valence-electron chi connectivity index (χ2n) is 5.72. The van der Waals surface area contributed by atoms with Gasteiger partial charge in [0.15, 0.2) is 11.5 Å². The van der Waals surface area contributed by atoms with Gasteiger partial charge in [0.05, 0.1) is 25.2 Å². The van der Waals surface area contributed by atoms with Crippen LogP contribution in [0.1, 0.15) is 16.4 Å². The zero-order chi connectivity index (χ0) is 17.7. The molecule has 0 radical (unpaired) electrons. The van der Waals surface area contributed by atoms with Crippen LogP contribution in [0.4, 0.5) is 0 Å². The molecule has 2 amide bonds. The first-order valence-electron chi connectivity index (χ1n) is 7.49. The first-order chi connectivity index (χ1) is 12.0. The van der Waals surface area contributed by atoms with Crippen LogP contribution in [-0.4, -0.2) is 36.3 Å². The number of thioether (sulfide) groups is 1. The minimum absolute atomic E-state index is 0.198. The number of ether oxygens (including phenoxy) is 2. The highest BCUT2D eigenvalue weighted by molar-refractivity contribution is 8.00. The van der Waals surface area contributed by atoms with E-state index in [2.05, 4.69) is 10.3 Å². The predicted molar refractivity (Wildman–Crippen MR) is 92.6 cm³/mol. The van der Waals surface area contributed by atoms with Crippen LogP contribution in [0.25, 0.3) is 0 Å². The van der Waals surface area contributed by atoms with Crippen LogP contribution in [-0.2, 0) is 9.59 Å². The van der Waals surface area contributed by atoms with Crippen LogP contribution in [0.5, 0.6) is 11.5 Å². The lowest BCUT2D eigenvalue weighted by Gasteiger charge is -2.30. The van der Waals surface area contributed by atoms with E-state index in [9.17, 15) is 14.4 Å². The van der Waals surface area contributed by atoms with Crippen molar-refractivity contribution in [2.75, 3.05) is 14.2 Å². The zero-order valence-corrected chi connectivity index (χ0v) is 15.0. The summed E-state index contributed by atoms with van der Waals surface area (Å²) in [6.07, 6.45) is 0. The summed E-state index contributed by atoms with van der Waals surface area (Å²) in [7, 11) is 3.08. The SMILES string of the molecule is COc1ccc(C2c3sc(=O)[nH]c3SC3C(=O)NC(=O)C32)cc1OC. The van der Waals surface area contributed by atoms with Gasteiger partial charge >= 0.3 is 4.87 Å². The Morgan fingerprint density at radius 2 is 1.80 bits per heavy atom. The third-order valence-corrected chi connectivity index (χ3v) is 6.84. The highest BCUT2D eigenvalue weighted by atomic mass is 32.2. The molecular formula is C16H14N2O5S2. The van der Waals surface area contributed by atoms with E-state index in [4.69, 9.17) is 9.47 Å². The maximum absolute atomic E-state index is 12.4. The Hall–Kier alpha value is -2.26. The Labute approximate surface area is 150 Å². The van der Waals surface area contributed by atoms with Gasteiger partial charge in [-0.25, -0.2) is 0 Å². The van der Waals surface area contributed by atoms with Crippen LogP contribution >= 0.6 is 23.1 Å². The number of nitrogens with one attached hydrogen (secondary N) is 2. The van der Waals surface area contributed by atoms with Crippen molar-refractivity contribution in [2.45, 2.75) is 16.2 Å². The molecule has 3 unspecified atom stereocenters. The number of hydrogen-bond acceptors (Lipinski definition) is 7. The molecule has 2 aliphatic heterocycles. The molecule has 0 bridgehead atoms. The number of amides is 2. The molecule has 1 aromatic heterocycles. The van der Waals surface area contributed by atoms with Crippen LogP contribution in [0.2, 0.25) is 0 Å². The topological polar surface area (TPSA) is 97.5 Å². The first-order valence-corrected chi connectivity index (χ1v) is 9.19. The quantitative estimate of drug-likeness (QED) is 0.782. The summed E-state index contributed by atoms with van der Waals surface area (Å²) >= 11 is 2.32. The van der Waals surface area contributed by atoms with Gasteiger partial charge in [-0.1, -0.05) is 29.2 Å². The number of imide groups is 1. The van der Waals surface area contributed by atoms with E-state index in [-0.39, 0.29) is 16.7 Å². The monoisotopic (exact) mass is 378 g/mol. The van der Waals surface area contributed by atoms with Crippen molar-refractivity contribution in [3.8, 4) is 11.5 Å². The van der Waals surface area contributed by atoms with E-state index in [1.54, 1.807) is 19.2 Å². The molecule has 25 heavy (non-hydrogen) atoms. The van der Waals surface area contributed by atoms with E-state index in [1.165, 1.54) is 18.9 Å². The maximum Gasteiger partial charge on any atom is 0.305 e. The summed E-state index contributed by atoms with van der Waals surface area (Å²) in [5.41, 5.74) is 0.800. The second-order valence-corrected chi connectivity index (χ2v) is 7.88. The van der Waals surface area contributed by atoms with E-state index in [0.29, 0.717) is 16.5 Å². The van der Waals surface area contributed by atoms with Gasteiger partial charge in [-0.15, -0.1) is 0 Å². The normalized spacial score (nSPS) is 24.5. The number of rotatable bonds is 3. The van der Waals surface area contributed by atoms with E-state index in [1.807, 2.05) is 6.07 Å². The molecule has 0 aliphatic carbocycles. The van der Waals surface area contributed by atoms with Gasteiger partial charge in [-0.05, 0) is 17.7 Å². The molecule has 1 saturated heterocycles. The van der Waals surface area contributed by atoms with Gasteiger partial charge in [-0.3, -0.25) is 19.7 Å². The molecule has 2 N–H and O–H groups in total. The molecule has 4 rings (SSSR count). The lowest BCUT2D eigenvalue weighted by Crippen LogP contribution is -2.31. The number of benzene rings is 1. The summed E-state index contributed by atoms with van der Waals surface area (Å²) in [6, 6.07) is 5.39. The number of aromatic nitrogens is 1. The van der Waals surface area contributed by atoms with Gasteiger partial charge < -0.3 is 14.5 Å². The van der Waals surface area contributed by atoms with Gasteiger partial charge in [0.2, 0.25) is 11.8 Å². The molecule has 0 spiro atoms. The molecule has 7 nitrogen and oxygen atoms in total. The van der Waals surface area contributed by atoms with Crippen LogP contribution in [0.3, 0.4) is 0 Å². The summed E-state index contributed by atoms with van der Waals surface area (Å²) in [6.45, 7) is 0. The smallest absolute Gasteiger partial charge is 0.305 e. The highest BCUT2D eigenvalue weighted by Gasteiger charge is 2.52. The van der Waals surface area contributed by atoms with Crippen molar-refractivity contribution >= 4 is 34.9 Å². The van der Waals surface area contributed by atoms with Gasteiger partial charge in [0.1, 0.15) is 5.25 Å². The minimum Gasteiger partial charge on any atom is -0.493 e. The minimum atomic E-state index is -0.561. The number of aromatic amines is 1. The number of hydrogen-bond donors (Lipinski definition) is 2. The second kappa shape index (κ2) is 5.92. The molecule has 1 fully saturated rings. The van der Waals surface area contributed by atoms with Crippen LogP contribution in [0.15, 0.2) is 28.0 Å². The first kappa shape index (κ1) is 16.2. The van der Waals surface area contributed by atoms with Crippen molar-refractivity contribution in [1.29, 1.82) is 0 Å². The van der Waals surface area contributed by atoms with E-state index < -0.39 is 17.1 Å². The number of H-pyrrole nitrogens is 1. The van der Waals surface area contributed by atoms with Crippen molar-refractivity contribution in [2.24, 2.45) is 5.92 Å². The van der Waals surface area contributed by atoms with Crippen molar-refractivity contribution in [3.05, 3.63) is 38.3 Å². The molecule has 9 heteroatoms. The number of thiazole rings is 1. The molecule has 2 aliphatic rings. The molecular weight excluding hydrogens is 364 g/mol. The molecule has 3 heterocycles. The Bertz CT molecular complexity index is 935. The summed E-state index contributed by atoms with van der Waals surface area (Å²) in [5, 5.41) is 2.51. The molecule has 1 aromatic carbocycles. The average Bonchev–Trinajstić information content (AvgIpc) is 3.11. The van der Waals surface area contributed by atoms with Gasteiger partial charge in [0.25, 0.3) is 0 Å². The average molecular weight is 378 g/mol. The fourth-order valence-electron chi connectivity index (χ4n) is 3.34. The van der Waals surface area contributed by atoms with Crippen molar-refractivity contribution in [3.63, 3.8) is 0 Å². The van der Waals surface area contributed by atoms with Gasteiger partial charge in [-0.2, -0.15) is 0 Å².